The average Bonchev–Trinajstić information content (AvgIpc) is 2.48. The molecule has 1 aromatic rings. The quantitative estimate of drug-likeness (QED) is 0.640. The minimum atomic E-state index is 0.415. The zero-order chi connectivity index (χ0) is 8.10. The molecule has 0 N–H and O–H groups in total. The van der Waals surface area contributed by atoms with Gasteiger partial charge in [0.2, 0.25) is 0 Å². The number of rotatable bonds is 3. The Hall–Kier alpha value is -1.34. The lowest BCUT2D eigenvalue weighted by atomic mass is 10.5. The molecule has 0 fully saturated rings. The molecule has 58 valence electrons. The average molecular weight is 151 g/mol. The highest BCUT2D eigenvalue weighted by atomic mass is 16.5. The van der Waals surface area contributed by atoms with Crippen LogP contribution in [0.5, 0.6) is 0 Å². The van der Waals surface area contributed by atoms with Crippen LogP contribution in [0.15, 0.2) is 12.3 Å². The lowest BCUT2D eigenvalue weighted by molar-refractivity contribution is 0.0791. The van der Waals surface area contributed by atoms with Crippen LogP contribution in [-0.4, -0.2) is 16.4 Å². The van der Waals surface area contributed by atoms with Gasteiger partial charge in [-0.25, -0.2) is 4.68 Å². The van der Waals surface area contributed by atoms with Crippen molar-refractivity contribution in [1.82, 2.24) is 9.78 Å². The van der Waals surface area contributed by atoms with E-state index < -0.39 is 0 Å². The van der Waals surface area contributed by atoms with E-state index in [-0.39, 0.29) is 0 Å². The predicted molar refractivity (Wildman–Crippen MR) is 38.6 cm³/mol. The lowest BCUT2D eigenvalue weighted by Crippen LogP contribution is -2.02. The van der Waals surface area contributed by atoms with Crippen LogP contribution >= 0.6 is 0 Å². The summed E-state index contributed by atoms with van der Waals surface area (Å²) < 4.78 is 6.65. The molecule has 0 amide bonds. The number of aromatic nitrogens is 2. The number of hydrogen-bond acceptors (Lipinski definition) is 3. The number of ether oxygens (including phenoxy) is 1. The van der Waals surface area contributed by atoms with Crippen molar-refractivity contribution in [3.63, 3.8) is 0 Å². The van der Waals surface area contributed by atoms with Crippen molar-refractivity contribution in [2.24, 2.45) is 0 Å². The molecule has 0 bridgehead atoms. The third-order valence-corrected chi connectivity index (χ3v) is 1.18. The minimum absolute atomic E-state index is 0.415. The van der Waals surface area contributed by atoms with E-state index in [0.717, 1.165) is 0 Å². The van der Waals surface area contributed by atoms with Gasteiger partial charge in [-0.05, 0) is 13.0 Å². The third-order valence-electron chi connectivity index (χ3n) is 1.18. The molecule has 0 saturated heterocycles. The number of nitrogens with zero attached hydrogens (tertiary/aromatic N) is 3. The van der Waals surface area contributed by atoms with Crippen molar-refractivity contribution in [2.75, 3.05) is 6.61 Å². The summed E-state index contributed by atoms with van der Waals surface area (Å²) in [6.07, 6.45) is 1.72. The van der Waals surface area contributed by atoms with Gasteiger partial charge in [0.1, 0.15) is 12.8 Å². The van der Waals surface area contributed by atoms with E-state index in [1.54, 1.807) is 16.9 Å². The van der Waals surface area contributed by atoms with Crippen molar-refractivity contribution in [3.8, 4) is 6.07 Å². The number of nitriles is 1. The van der Waals surface area contributed by atoms with Crippen molar-refractivity contribution in [3.05, 3.63) is 18.0 Å². The van der Waals surface area contributed by atoms with E-state index in [9.17, 15) is 0 Å². The zero-order valence-corrected chi connectivity index (χ0v) is 6.32. The van der Waals surface area contributed by atoms with E-state index in [1.807, 2.05) is 13.0 Å². The lowest BCUT2D eigenvalue weighted by Gasteiger charge is -1.98. The molecule has 11 heavy (non-hydrogen) atoms. The minimum Gasteiger partial charge on any atom is -0.360 e. The first-order valence-electron chi connectivity index (χ1n) is 3.38. The van der Waals surface area contributed by atoms with Gasteiger partial charge in [-0.1, -0.05) is 0 Å². The maximum Gasteiger partial charge on any atom is 0.162 e. The molecule has 4 nitrogen and oxygen atoms in total. The Labute approximate surface area is 65.0 Å². The molecule has 1 aromatic heterocycles. The van der Waals surface area contributed by atoms with Crippen LogP contribution in [-0.2, 0) is 11.5 Å². The normalized spacial score (nSPS) is 9.45. The van der Waals surface area contributed by atoms with Gasteiger partial charge in [0.05, 0.1) is 0 Å². The fourth-order valence-corrected chi connectivity index (χ4v) is 0.678. The third kappa shape index (κ3) is 2.06. The summed E-state index contributed by atoms with van der Waals surface area (Å²) in [5, 5.41) is 12.3. The Kier molecular flexibility index (Phi) is 2.64. The van der Waals surface area contributed by atoms with Crippen LogP contribution in [0.2, 0.25) is 0 Å². The summed E-state index contributed by atoms with van der Waals surface area (Å²) in [5.74, 6) is 0. The van der Waals surface area contributed by atoms with Crippen LogP contribution in [0.1, 0.15) is 12.6 Å². The molecule has 0 aliphatic rings. The standard InChI is InChI=1S/C7H9N3O/c1-2-11-6-10-4-3-7(5-8)9-10/h3-4H,2,6H2,1H3. The Morgan fingerprint density at radius 2 is 2.64 bits per heavy atom. The first-order valence-corrected chi connectivity index (χ1v) is 3.38. The van der Waals surface area contributed by atoms with E-state index in [1.165, 1.54) is 0 Å². The monoisotopic (exact) mass is 151 g/mol. The molecule has 0 aliphatic heterocycles. The van der Waals surface area contributed by atoms with Crippen molar-refractivity contribution >= 4 is 0 Å². The predicted octanol–water partition coefficient (Wildman–Crippen LogP) is 0.749. The van der Waals surface area contributed by atoms with E-state index >= 15 is 0 Å². The van der Waals surface area contributed by atoms with Gasteiger partial charge in [0.15, 0.2) is 5.69 Å². The molecule has 4 heteroatoms. The smallest absolute Gasteiger partial charge is 0.162 e. The van der Waals surface area contributed by atoms with Crippen molar-refractivity contribution < 1.29 is 4.74 Å². The van der Waals surface area contributed by atoms with Gasteiger partial charge in [-0.15, -0.1) is 0 Å². The molecular formula is C7H9N3O. The maximum absolute atomic E-state index is 8.41. The topological polar surface area (TPSA) is 50.8 Å². The first-order chi connectivity index (χ1) is 5.36. The molecule has 0 aliphatic carbocycles. The first kappa shape index (κ1) is 7.76. The van der Waals surface area contributed by atoms with E-state index in [4.69, 9.17) is 10.00 Å². The van der Waals surface area contributed by atoms with Gasteiger partial charge < -0.3 is 4.74 Å². The molecule has 0 atom stereocenters. The highest BCUT2D eigenvalue weighted by Gasteiger charge is 1.94. The molecule has 0 aromatic carbocycles. The van der Waals surface area contributed by atoms with E-state index in [2.05, 4.69) is 5.10 Å². The van der Waals surface area contributed by atoms with Gasteiger partial charge in [0, 0.05) is 12.8 Å². The van der Waals surface area contributed by atoms with Crippen molar-refractivity contribution in [2.45, 2.75) is 13.7 Å². The SMILES string of the molecule is CCOCn1ccc(C#N)n1. The Morgan fingerprint density at radius 1 is 1.82 bits per heavy atom. The molecular weight excluding hydrogens is 142 g/mol. The summed E-state index contributed by atoms with van der Waals surface area (Å²) in [6, 6.07) is 3.59. The molecule has 0 unspecified atom stereocenters. The van der Waals surface area contributed by atoms with Gasteiger partial charge >= 0.3 is 0 Å². The van der Waals surface area contributed by atoms with Gasteiger partial charge in [-0.3, -0.25) is 0 Å². The fourth-order valence-electron chi connectivity index (χ4n) is 0.678. The molecule has 0 saturated carbocycles. The highest BCUT2D eigenvalue weighted by molar-refractivity contribution is 5.16. The van der Waals surface area contributed by atoms with Crippen LogP contribution in [0.25, 0.3) is 0 Å². The Balaban J connectivity index is 2.53. The summed E-state index contributed by atoms with van der Waals surface area (Å²) in [5.41, 5.74) is 0.421. The van der Waals surface area contributed by atoms with Crippen molar-refractivity contribution in [1.29, 1.82) is 5.26 Å². The summed E-state index contributed by atoms with van der Waals surface area (Å²) in [4.78, 5) is 0. The fraction of sp³-hybridized carbons (Fsp3) is 0.429. The van der Waals surface area contributed by atoms with Crippen LogP contribution < -0.4 is 0 Å². The Bertz CT molecular complexity index is 261. The van der Waals surface area contributed by atoms with Crippen LogP contribution in [0.4, 0.5) is 0 Å². The molecule has 1 heterocycles. The second kappa shape index (κ2) is 3.74. The van der Waals surface area contributed by atoms with Gasteiger partial charge in [-0.2, -0.15) is 10.4 Å². The number of hydrogen-bond donors (Lipinski definition) is 0. The van der Waals surface area contributed by atoms with E-state index in [0.29, 0.717) is 19.0 Å². The molecule has 0 radical (unpaired) electrons. The second-order valence-corrected chi connectivity index (χ2v) is 1.97. The van der Waals surface area contributed by atoms with Gasteiger partial charge in [0.25, 0.3) is 0 Å². The molecule has 0 spiro atoms. The van der Waals surface area contributed by atoms with Crippen LogP contribution in [0.3, 0.4) is 0 Å². The highest BCUT2D eigenvalue weighted by Crippen LogP contribution is 1.92. The van der Waals surface area contributed by atoms with Crippen LogP contribution in [0, 0.1) is 11.3 Å². The maximum atomic E-state index is 8.41. The second-order valence-electron chi connectivity index (χ2n) is 1.97. The summed E-state index contributed by atoms with van der Waals surface area (Å²) >= 11 is 0. The largest absolute Gasteiger partial charge is 0.360 e. The zero-order valence-electron chi connectivity index (χ0n) is 6.32. The Morgan fingerprint density at radius 3 is 3.18 bits per heavy atom. The summed E-state index contributed by atoms with van der Waals surface area (Å²) in [7, 11) is 0. The molecule has 1 rings (SSSR count). The summed E-state index contributed by atoms with van der Waals surface area (Å²) in [6.45, 7) is 2.98.